The number of carbonyl (C=O) groups excluding carboxylic acids is 4. The van der Waals surface area contributed by atoms with E-state index in [1.54, 1.807) is 13.8 Å². The lowest BCUT2D eigenvalue weighted by atomic mass is 9.39. The summed E-state index contributed by atoms with van der Waals surface area (Å²) in [4.78, 5) is 54.4. The SMILES string of the molecule is C=C[C@@]1(C)CC(=O)[C@]2(O)[C@@]3(C)[C@@H](O)CCC(C)(C)[C@@H]3[C@H](OC(=O)COC(=O)CCN3CCOCC3)[C@H](OC(C)=O)[C@@]2(C)O1.Cl. The second-order valence-corrected chi connectivity index (χ2v) is 13.7. The van der Waals surface area contributed by atoms with Crippen LogP contribution in [0.25, 0.3) is 0 Å². The van der Waals surface area contributed by atoms with Gasteiger partial charge in [0.1, 0.15) is 11.7 Å². The van der Waals surface area contributed by atoms with Gasteiger partial charge >= 0.3 is 17.9 Å². The molecule has 0 radical (unpaired) electrons. The maximum absolute atomic E-state index is 14.1. The Balaban J connectivity index is 0.00000529. The molecule has 4 fully saturated rings. The Hall–Kier alpha value is -2.09. The highest BCUT2D eigenvalue weighted by molar-refractivity contribution is 5.92. The Kier molecular flexibility index (Phi) is 10.7. The first-order valence-corrected chi connectivity index (χ1v) is 15.0. The number of nitrogens with zero attached hydrogens (tertiary/aromatic N) is 1. The third-order valence-electron chi connectivity index (χ3n) is 10.3. The second kappa shape index (κ2) is 13.0. The lowest BCUT2D eigenvalue weighted by Gasteiger charge is -2.71. The molecule has 44 heavy (non-hydrogen) atoms. The summed E-state index contributed by atoms with van der Waals surface area (Å²) in [5.41, 5.74) is -7.84. The smallest absolute Gasteiger partial charge is 0.344 e. The van der Waals surface area contributed by atoms with Crippen LogP contribution >= 0.6 is 12.4 Å². The van der Waals surface area contributed by atoms with Crippen molar-refractivity contribution in [3.05, 3.63) is 12.7 Å². The molecule has 4 rings (SSSR count). The van der Waals surface area contributed by atoms with Gasteiger partial charge in [-0.1, -0.05) is 26.8 Å². The number of halogens is 1. The number of aliphatic hydroxyl groups excluding tert-OH is 1. The van der Waals surface area contributed by atoms with Crippen molar-refractivity contribution < 1.29 is 53.1 Å². The van der Waals surface area contributed by atoms with Gasteiger partial charge in [-0.25, -0.2) is 4.79 Å². The molecule has 2 aliphatic heterocycles. The van der Waals surface area contributed by atoms with E-state index in [-0.39, 0.29) is 31.7 Å². The maximum Gasteiger partial charge on any atom is 0.344 e. The number of ether oxygens (including phenoxy) is 5. The van der Waals surface area contributed by atoms with E-state index in [4.69, 9.17) is 23.7 Å². The number of hydrogen-bond acceptors (Lipinski definition) is 12. The number of hydrogen-bond donors (Lipinski definition) is 2. The van der Waals surface area contributed by atoms with E-state index >= 15 is 0 Å². The highest BCUT2D eigenvalue weighted by Crippen LogP contribution is 2.67. The van der Waals surface area contributed by atoms with Crippen molar-refractivity contribution in [2.45, 2.75) is 102 Å². The van der Waals surface area contributed by atoms with Gasteiger partial charge in [0.2, 0.25) is 0 Å². The van der Waals surface area contributed by atoms with Crippen molar-refractivity contribution in [2.24, 2.45) is 16.7 Å². The van der Waals surface area contributed by atoms with E-state index in [0.29, 0.717) is 39.3 Å². The first-order valence-electron chi connectivity index (χ1n) is 15.0. The molecule has 0 aromatic heterocycles. The van der Waals surface area contributed by atoms with Crippen molar-refractivity contribution >= 4 is 36.1 Å². The monoisotopic (exact) mass is 645 g/mol. The molecule has 8 atom stereocenters. The van der Waals surface area contributed by atoms with Crippen molar-refractivity contribution in [3.8, 4) is 0 Å². The van der Waals surface area contributed by atoms with Gasteiger partial charge in [0.15, 0.2) is 24.1 Å². The van der Waals surface area contributed by atoms with Crippen LogP contribution in [0.3, 0.4) is 0 Å². The molecule has 0 spiro atoms. The van der Waals surface area contributed by atoms with E-state index < -0.39 is 82.2 Å². The third kappa shape index (κ3) is 6.05. The molecule has 0 aromatic carbocycles. The Labute approximate surface area is 265 Å². The first-order chi connectivity index (χ1) is 19.9. The fraction of sp³-hybridized carbons (Fsp3) is 0.806. The summed E-state index contributed by atoms with van der Waals surface area (Å²) in [7, 11) is 0. The predicted molar refractivity (Wildman–Crippen MR) is 159 cm³/mol. The van der Waals surface area contributed by atoms with Crippen molar-refractivity contribution in [2.75, 3.05) is 39.5 Å². The number of Topliss-reactive ketones (excluding diaryl/α,β-unsaturated/α-hetero) is 1. The highest BCUT2D eigenvalue weighted by atomic mass is 35.5. The van der Waals surface area contributed by atoms with Crippen LogP contribution in [-0.4, -0.2) is 113 Å². The number of ketones is 1. The van der Waals surface area contributed by atoms with E-state index in [1.165, 1.54) is 19.9 Å². The molecule has 12 nitrogen and oxygen atoms in total. The van der Waals surface area contributed by atoms with Gasteiger partial charge in [-0.05, 0) is 32.1 Å². The molecule has 13 heteroatoms. The summed E-state index contributed by atoms with van der Waals surface area (Å²) in [5, 5.41) is 24.2. The number of carbonyl (C=O) groups is 4. The fourth-order valence-electron chi connectivity index (χ4n) is 8.21. The predicted octanol–water partition coefficient (Wildman–Crippen LogP) is 1.76. The number of rotatable bonds is 8. The molecule has 0 amide bonds. The summed E-state index contributed by atoms with van der Waals surface area (Å²) in [6, 6.07) is 0. The van der Waals surface area contributed by atoms with Crippen LogP contribution in [0.1, 0.15) is 67.2 Å². The van der Waals surface area contributed by atoms with Crippen LogP contribution in [0.2, 0.25) is 0 Å². The number of morpholine rings is 1. The molecular weight excluding hydrogens is 598 g/mol. The largest absolute Gasteiger partial charge is 0.455 e. The lowest BCUT2D eigenvalue weighted by molar-refractivity contribution is -0.371. The summed E-state index contributed by atoms with van der Waals surface area (Å²) in [5.74, 6) is -3.69. The second-order valence-electron chi connectivity index (χ2n) is 13.7. The highest BCUT2D eigenvalue weighted by Gasteiger charge is 2.82. The van der Waals surface area contributed by atoms with Crippen LogP contribution in [0.5, 0.6) is 0 Å². The Bertz CT molecular complexity index is 1140. The molecule has 2 heterocycles. The van der Waals surface area contributed by atoms with Crippen LogP contribution in [0.4, 0.5) is 0 Å². The summed E-state index contributed by atoms with van der Waals surface area (Å²) in [6.07, 6.45) is -1.89. The molecule has 0 unspecified atom stereocenters. The van der Waals surface area contributed by atoms with Crippen LogP contribution in [-0.2, 0) is 42.9 Å². The molecule has 4 aliphatic rings. The minimum Gasteiger partial charge on any atom is -0.455 e. The third-order valence-corrected chi connectivity index (χ3v) is 10.3. The molecule has 2 saturated heterocycles. The van der Waals surface area contributed by atoms with Crippen LogP contribution in [0, 0.1) is 16.7 Å². The average Bonchev–Trinajstić information content (AvgIpc) is 2.93. The number of esters is 3. The molecular formula is C31H48ClNO11. The zero-order valence-electron chi connectivity index (χ0n) is 26.6. The standard InChI is InChI=1S/C31H47NO11.ClH/c1-8-28(5)17-21(35)31(38)29(6)20(34)9-11-27(3,4)25(29)24(26(41-19(2)33)30(31,7)43-28)42-23(37)18-40-22(36)10-12-32-13-15-39-16-14-32;/h8,20,24-26,34,38H,1,9-18H2,2-7H3;1H/t20-,24-,25-,26-,28-,29-,30+,31-;/m0./s1. The van der Waals surface area contributed by atoms with E-state index in [9.17, 15) is 29.4 Å². The van der Waals surface area contributed by atoms with Crippen molar-refractivity contribution in [3.63, 3.8) is 0 Å². The minimum atomic E-state index is -2.33. The Morgan fingerprint density at radius 3 is 2.32 bits per heavy atom. The molecule has 2 N–H and O–H groups in total. The fourth-order valence-corrected chi connectivity index (χ4v) is 8.21. The van der Waals surface area contributed by atoms with Gasteiger partial charge in [-0.2, -0.15) is 0 Å². The normalized spacial score (nSPS) is 40.0. The van der Waals surface area contributed by atoms with Crippen LogP contribution < -0.4 is 0 Å². The van der Waals surface area contributed by atoms with Crippen LogP contribution in [0.15, 0.2) is 12.7 Å². The van der Waals surface area contributed by atoms with Gasteiger partial charge in [0, 0.05) is 44.3 Å². The van der Waals surface area contributed by atoms with E-state index in [1.807, 2.05) is 13.8 Å². The molecule has 250 valence electrons. The molecule has 2 saturated carbocycles. The first kappa shape index (κ1) is 36.4. The van der Waals surface area contributed by atoms with Gasteiger partial charge in [0.25, 0.3) is 0 Å². The summed E-state index contributed by atoms with van der Waals surface area (Å²) >= 11 is 0. The zero-order valence-corrected chi connectivity index (χ0v) is 27.4. The number of fused-ring (bicyclic) bond motifs is 3. The minimum absolute atomic E-state index is 0. The van der Waals surface area contributed by atoms with Crippen molar-refractivity contribution in [1.82, 2.24) is 4.90 Å². The van der Waals surface area contributed by atoms with Gasteiger partial charge in [-0.3, -0.25) is 19.3 Å². The van der Waals surface area contributed by atoms with Crippen molar-refractivity contribution in [1.29, 1.82) is 0 Å². The molecule has 0 bridgehead atoms. The van der Waals surface area contributed by atoms with Gasteiger partial charge < -0.3 is 33.9 Å². The molecule has 2 aliphatic carbocycles. The maximum atomic E-state index is 14.1. The number of aliphatic hydroxyl groups is 2. The molecule has 0 aromatic rings. The van der Waals surface area contributed by atoms with Gasteiger partial charge in [0.05, 0.1) is 31.3 Å². The van der Waals surface area contributed by atoms with Gasteiger partial charge in [-0.15, -0.1) is 19.0 Å². The van der Waals surface area contributed by atoms with E-state index in [0.717, 1.165) is 0 Å². The Morgan fingerprint density at radius 1 is 1.09 bits per heavy atom. The zero-order chi connectivity index (χ0) is 32.0. The Morgan fingerprint density at radius 2 is 1.73 bits per heavy atom. The average molecular weight is 646 g/mol. The topological polar surface area (TPSA) is 158 Å². The quantitative estimate of drug-likeness (QED) is 0.224. The summed E-state index contributed by atoms with van der Waals surface area (Å²) in [6.45, 7) is 15.8. The lowest BCUT2D eigenvalue weighted by Crippen LogP contribution is -2.87. The summed E-state index contributed by atoms with van der Waals surface area (Å²) < 4.78 is 28.8. The van der Waals surface area contributed by atoms with E-state index in [2.05, 4.69) is 11.5 Å².